The van der Waals surface area contributed by atoms with E-state index in [-0.39, 0.29) is 22.4 Å². The number of halogens is 4. The molecule has 0 spiro atoms. The molecule has 18 heavy (non-hydrogen) atoms. The first-order valence-electron chi connectivity index (χ1n) is 5.31. The smallest absolute Gasteiger partial charge is 0.490 e. The summed E-state index contributed by atoms with van der Waals surface area (Å²) in [6.45, 7) is 0. The molecule has 1 aromatic carbocycles. The lowest BCUT2D eigenvalue weighted by molar-refractivity contribution is -0.274. The van der Waals surface area contributed by atoms with Crippen LogP contribution < -0.4 is 15.2 Å². The number of hydrogen-bond acceptors (Lipinski definition) is 3. The molecule has 0 aromatic heterocycles. The lowest BCUT2D eigenvalue weighted by Crippen LogP contribution is -2.43. The maximum atomic E-state index is 12.1. The van der Waals surface area contributed by atoms with E-state index < -0.39 is 6.36 Å². The summed E-state index contributed by atoms with van der Waals surface area (Å²) in [6, 6.07) is 4.26. The van der Waals surface area contributed by atoms with Crippen LogP contribution in [0.5, 0.6) is 11.5 Å². The van der Waals surface area contributed by atoms with Crippen LogP contribution in [-0.2, 0) is 0 Å². The van der Waals surface area contributed by atoms with Gasteiger partial charge < -0.3 is 15.2 Å². The minimum Gasteiger partial charge on any atom is -0.490 e. The molecule has 0 saturated heterocycles. The highest BCUT2D eigenvalue weighted by Gasteiger charge is 2.32. The second kappa shape index (κ2) is 4.97. The van der Waals surface area contributed by atoms with Gasteiger partial charge in [0.25, 0.3) is 0 Å². The number of rotatable bonds is 3. The number of benzene rings is 1. The monoisotopic (exact) mass is 325 g/mol. The fourth-order valence-electron chi connectivity index (χ4n) is 1.66. The molecule has 3 nitrogen and oxygen atoms in total. The normalized spacial score (nSPS) is 23.4. The average Bonchev–Trinajstić information content (AvgIpc) is 2.18. The molecule has 0 amide bonds. The minimum absolute atomic E-state index is 0.0429. The van der Waals surface area contributed by atoms with E-state index in [0.29, 0.717) is 5.75 Å². The molecule has 0 radical (unpaired) electrons. The van der Waals surface area contributed by atoms with Crippen LogP contribution >= 0.6 is 15.9 Å². The molecule has 1 aliphatic carbocycles. The zero-order valence-electron chi connectivity index (χ0n) is 9.21. The molecule has 0 aliphatic heterocycles. The standard InChI is InChI=1S/C11H11BrF3NO2/c12-9-5-7(17-8-3-6(16)4-8)1-2-10(9)18-11(13,14)15/h1-2,5-6,8H,3-4,16H2. The lowest BCUT2D eigenvalue weighted by atomic mass is 9.90. The summed E-state index contributed by atoms with van der Waals surface area (Å²) in [6.07, 6.45) is -3.14. The van der Waals surface area contributed by atoms with Crippen LogP contribution in [0.15, 0.2) is 22.7 Å². The fraction of sp³-hybridized carbons (Fsp3) is 0.455. The molecular formula is C11H11BrF3NO2. The van der Waals surface area contributed by atoms with Crippen molar-refractivity contribution in [1.29, 1.82) is 0 Å². The van der Waals surface area contributed by atoms with Crippen molar-refractivity contribution in [3.8, 4) is 11.5 Å². The van der Waals surface area contributed by atoms with Crippen molar-refractivity contribution in [2.45, 2.75) is 31.3 Å². The molecule has 2 N–H and O–H groups in total. The minimum atomic E-state index is -4.70. The van der Waals surface area contributed by atoms with Gasteiger partial charge in [-0.2, -0.15) is 0 Å². The third-order valence-electron chi connectivity index (χ3n) is 2.56. The molecule has 0 unspecified atom stereocenters. The van der Waals surface area contributed by atoms with Gasteiger partial charge in [-0.15, -0.1) is 13.2 Å². The highest BCUT2D eigenvalue weighted by atomic mass is 79.9. The van der Waals surface area contributed by atoms with Crippen LogP contribution in [-0.4, -0.2) is 18.5 Å². The molecule has 1 aromatic rings. The van der Waals surface area contributed by atoms with E-state index in [1.54, 1.807) is 0 Å². The molecule has 1 saturated carbocycles. The first-order chi connectivity index (χ1) is 8.33. The van der Waals surface area contributed by atoms with E-state index in [1.165, 1.54) is 18.2 Å². The van der Waals surface area contributed by atoms with Crippen LogP contribution in [0, 0.1) is 0 Å². The van der Waals surface area contributed by atoms with Gasteiger partial charge in [0.05, 0.1) is 4.47 Å². The Morgan fingerprint density at radius 3 is 2.44 bits per heavy atom. The van der Waals surface area contributed by atoms with Crippen molar-refractivity contribution in [3.63, 3.8) is 0 Å². The number of ether oxygens (including phenoxy) is 2. The largest absolute Gasteiger partial charge is 0.573 e. The summed E-state index contributed by atoms with van der Waals surface area (Å²) in [5, 5.41) is 0. The molecular weight excluding hydrogens is 315 g/mol. The van der Waals surface area contributed by atoms with E-state index in [9.17, 15) is 13.2 Å². The lowest BCUT2D eigenvalue weighted by Gasteiger charge is -2.32. The van der Waals surface area contributed by atoms with Gasteiger partial charge in [0, 0.05) is 6.04 Å². The number of alkyl halides is 3. The first-order valence-corrected chi connectivity index (χ1v) is 6.10. The van der Waals surface area contributed by atoms with Gasteiger partial charge in [-0.25, -0.2) is 0 Å². The summed E-state index contributed by atoms with van der Waals surface area (Å²) in [5.74, 6) is 0.202. The Bertz CT molecular complexity index is 433. The Morgan fingerprint density at radius 1 is 1.28 bits per heavy atom. The van der Waals surface area contributed by atoms with Crippen LogP contribution in [0.2, 0.25) is 0 Å². The Morgan fingerprint density at radius 2 is 1.94 bits per heavy atom. The number of nitrogens with two attached hydrogens (primary N) is 1. The molecule has 100 valence electrons. The van der Waals surface area contributed by atoms with Crippen molar-refractivity contribution in [1.82, 2.24) is 0 Å². The highest BCUT2D eigenvalue weighted by Crippen LogP contribution is 2.34. The summed E-state index contributed by atoms with van der Waals surface area (Å²) >= 11 is 3.01. The first kappa shape index (κ1) is 13.5. The van der Waals surface area contributed by atoms with Crippen LogP contribution in [0.25, 0.3) is 0 Å². The SMILES string of the molecule is NC1CC(Oc2ccc(OC(F)(F)F)c(Br)c2)C1. The zero-order chi connectivity index (χ0) is 13.3. The van der Waals surface area contributed by atoms with E-state index in [0.717, 1.165) is 12.8 Å². The van der Waals surface area contributed by atoms with Crippen LogP contribution in [0.3, 0.4) is 0 Å². The van der Waals surface area contributed by atoms with Gasteiger partial charge in [-0.1, -0.05) is 0 Å². The van der Waals surface area contributed by atoms with Gasteiger partial charge in [-0.3, -0.25) is 0 Å². The third kappa shape index (κ3) is 3.52. The predicted octanol–water partition coefficient (Wildman–Crippen LogP) is 3.22. The zero-order valence-corrected chi connectivity index (χ0v) is 10.8. The molecule has 0 heterocycles. The van der Waals surface area contributed by atoms with E-state index in [1.807, 2.05) is 0 Å². The predicted molar refractivity (Wildman–Crippen MR) is 62.5 cm³/mol. The Kier molecular flexibility index (Phi) is 3.72. The maximum Gasteiger partial charge on any atom is 0.573 e. The van der Waals surface area contributed by atoms with Crippen LogP contribution in [0.1, 0.15) is 12.8 Å². The quantitative estimate of drug-likeness (QED) is 0.928. The summed E-state index contributed by atoms with van der Waals surface area (Å²) in [7, 11) is 0. The Hall–Kier alpha value is -0.950. The van der Waals surface area contributed by atoms with Crippen molar-refractivity contribution < 1.29 is 22.6 Å². The van der Waals surface area contributed by atoms with E-state index in [4.69, 9.17) is 10.5 Å². The van der Waals surface area contributed by atoms with Crippen molar-refractivity contribution >= 4 is 15.9 Å². The molecule has 2 rings (SSSR count). The Balaban J connectivity index is 2.01. The van der Waals surface area contributed by atoms with Gasteiger partial charge in [0.1, 0.15) is 17.6 Å². The third-order valence-corrected chi connectivity index (χ3v) is 3.18. The van der Waals surface area contributed by atoms with E-state index >= 15 is 0 Å². The molecule has 1 aliphatic rings. The molecule has 0 bridgehead atoms. The summed E-state index contributed by atoms with van der Waals surface area (Å²) in [4.78, 5) is 0. The maximum absolute atomic E-state index is 12.1. The molecule has 7 heteroatoms. The van der Waals surface area contributed by atoms with Crippen LogP contribution in [0.4, 0.5) is 13.2 Å². The number of hydrogen-bond donors (Lipinski definition) is 1. The molecule has 1 fully saturated rings. The fourth-order valence-corrected chi connectivity index (χ4v) is 2.10. The van der Waals surface area contributed by atoms with Crippen molar-refractivity contribution in [3.05, 3.63) is 22.7 Å². The second-order valence-electron chi connectivity index (χ2n) is 4.11. The summed E-state index contributed by atoms with van der Waals surface area (Å²) in [5.41, 5.74) is 5.61. The average molecular weight is 326 g/mol. The van der Waals surface area contributed by atoms with Gasteiger partial charge >= 0.3 is 6.36 Å². The Labute approximate surface area is 110 Å². The second-order valence-corrected chi connectivity index (χ2v) is 4.97. The topological polar surface area (TPSA) is 44.5 Å². The van der Waals surface area contributed by atoms with Crippen molar-refractivity contribution in [2.24, 2.45) is 5.73 Å². The van der Waals surface area contributed by atoms with Gasteiger partial charge in [0.15, 0.2) is 0 Å². The molecule has 0 atom stereocenters. The van der Waals surface area contributed by atoms with E-state index in [2.05, 4.69) is 20.7 Å². The van der Waals surface area contributed by atoms with Crippen molar-refractivity contribution in [2.75, 3.05) is 0 Å². The van der Waals surface area contributed by atoms with Gasteiger partial charge in [-0.05, 0) is 47.0 Å². The van der Waals surface area contributed by atoms with Gasteiger partial charge in [0.2, 0.25) is 0 Å². The summed E-state index contributed by atoms with van der Waals surface area (Å²) < 4.78 is 45.7. The highest BCUT2D eigenvalue weighted by molar-refractivity contribution is 9.10.